The van der Waals surface area contributed by atoms with Gasteiger partial charge in [-0.05, 0) is 12.1 Å². The minimum Gasteiger partial charge on any atom is -0.383 e. The van der Waals surface area contributed by atoms with Gasteiger partial charge < -0.3 is 9.64 Å². The van der Waals surface area contributed by atoms with Crippen LogP contribution in [-0.2, 0) is 4.74 Å². The highest BCUT2D eigenvalue weighted by Gasteiger charge is 2.16. The van der Waals surface area contributed by atoms with Crippen molar-refractivity contribution in [2.24, 2.45) is 0 Å². The van der Waals surface area contributed by atoms with Gasteiger partial charge in [0.2, 0.25) is 0 Å². The summed E-state index contributed by atoms with van der Waals surface area (Å²) in [6.45, 7) is 1.08. The number of amides is 2. The zero-order valence-corrected chi connectivity index (χ0v) is 10.0. The summed E-state index contributed by atoms with van der Waals surface area (Å²) in [5.41, 5.74) is 0.887. The lowest BCUT2D eigenvalue weighted by Crippen LogP contribution is -2.41. The van der Waals surface area contributed by atoms with E-state index in [2.05, 4.69) is 0 Å². The van der Waals surface area contributed by atoms with Gasteiger partial charge in [0.15, 0.2) is 0 Å². The van der Waals surface area contributed by atoms with Crippen LogP contribution in [0.2, 0.25) is 0 Å². The number of hydrogen-bond acceptors (Lipinski definition) is 2. The highest BCUT2D eigenvalue weighted by Crippen LogP contribution is 2.14. The van der Waals surface area contributed by atoms with Crippen molar-refractivity contribution in [3.05, 3.63) is 30.3 Å². The Morgan fingerprint density at radius 1 is 1.25 bits per heavy atom. The predicted molar refractivity (Wildman–Crippen MR) is 64.7 cm³/mol. The maximum Gasteiger partial charge on any atom is 0.324 e. The molecule has 4 heteroatoms. The summed E-state index contributed by atoms with van der Waals surface area (Å²) in [7, 11) is 5.11. The molecule has 0 saturated heterocycles. The summed E-state index contributed by atoms with van der Waals surface area (Å²) in [6, 6.07) is 9.55. The molecule has 0 N–H and O–H groups in total. The van der Waals surface area contributed by atoms with Crippen LogP contribution in [-0.4, -0.2) is 45.3 Å². The molecule has 1 aromatic rings. The van der Waals surface area contributed by atoms with E-state index in [-0.39, 0.29) is 6.03 Å². The SMILES string of the molecule is COCCN(C(=O)N(C)C)c1ccccc1. The van der Waals surface area contributed by atoms with Crippen molar-refractivity contribution >= 4 is 11.7 Å². The molecule has 0 atom stereocenters. The number of methoxy groups -OCH3 is 1. The number of nitrogens with zero attached hydrogens (tertiary/aromatic N) is 2. The first kappa shape index (κ1) is 12.5. The second-order valence-electron chi connectivity index (χ2n) is 3.66. The molecule has 0 bridgehead atoms. The van der Waals surface area contributed by atoms with Crippen LogP contribution >= 0.6 is 0 Å². The molecule has 0 aliphatic carbocycles. The number of rotatable bonds is 4. The summed E-state index contributed by atoms with van der Waals surface area (Å²) >= 11 is 0. The number of ether oxygens (including phenoxy) is 1. The molecular formula is C12H18N2O2. The van der Waals surface area contributed by atoms with Crippen molar-refractivity contribution in [2.45, 2.75) is 0 Å². The van der Waals surface area contributed by atoms with E-state index < -0.39 is 0 Å². The Morgan fingerprint density at radius 2 is 1.88 bits per heavy atom. The quantitative estimate of drug-likeness (QED) is 0.778. The molecule has 0 radical (unpaired) electrons. The van der Waals surface area contributed by atoms with Crippen LogP contribution in [0, 0.1) is 0 Å². The van der Waals surface area contributed by atoms with Gasteiger partial charge in [0.05, 0.1) is 13.2 Å². The van der Waals surface area contributed by atoms with E-state index in [0.717, 1.165) is 5.69 Å². The molecule has 0 unspecified atom stereocenters. The minimum atomic E-state index is -0.0387. The summed E-state index contributed by atoms with van der Waals surface area (Å²) in [5, 5.41) is 0. The van der Waals surface area contributed by atoms with Gasteiger partial charge in [0.25, 0.3) is 0 Å². The molecule has 0 fully saturated rings. The molecule has 1 rings (SSSR count). The van der Waals surface area contributed by atoms with E-state index in [1.54, 1.807) is 31.0 Å². The van der Waals surface area contributed by atoms with Gasteiger partial charge in [-0.2, -0.15) is 0 Å². The molecular weight excluding hydrogens is 204 g/mol. The van der Waals surface area contributed by atoms with Crippen molar-refractivity contribution in [3.63, 3.8) is 0 Å². The molecule has 2 amide bonds. The Bertz CT molecular complexity index is 325. The van der Waals surface area contributed by atoms with Crippen LogP contribution in [0.3, 0.4) is 0 Å². The standard InChI is InChI=1S/C12H18N2O2/c1-13(2)12(15)14(9-10-16-3)11-7-5-4-6-8-11/h4-8H,9-10H2,1-3H3. The van der Waals surface area contributed by atoms with Crippen molar-refractivity contribution < 1.29 is 9.53 Å². The number of carbonyl (C=O) groups is 1. The number of urea groups is 1. The molecule has 0 saturated carbocycles. The Hall–Kier alpha value is -1.55. The minimum absolute atomic E-state index is 0.0387. The average Bonchev–Trinajstić information content (AvgIpc) is 2.30. The van der Waals surface area contributed by atoms with Gasteiger partial charge in [-0.3, -0.25) is 4.90 Å². The van der Waals surface area contributed by atoms with Gasteiger partial charge in [-0.25, -0.2) is 4.79 Å². The highest BCUT2D eigenvalue weighted by molar-refractivity contribution is 5.91. The highest BCUT2D eigenvalue weighted by atomic mass is 16.5. The molecule has 0 heterocycles. The summed E-state index contributed by atoms with van der Waals surface area (Å²) in [5.74, 6) is 0. The van der Waals surface area contributed by atoms with E-state index in [4.69, 9.17) is 4.74 Å². The maximum atomic E-state index is 11.9. The Labute approximate surface area is 96.4 Å². The number of benzene rings is 1. The molecule has 0 aromatic heterocycles. The first-order valence-electron chi connectivity index (χ1n) is 5.19. The van der Waals surface area contributed by atoms with Crippen LogP contribution in [0.25, 0.3) is 0 Å². The molecule has 16 heavy (non-hydrogen) atoms. The molecule has 0 aliphatic rings. The van der Waals surface area contributed by atoms with Gasteiger partial charge in [-0.15, -0.1) is 0 Å². The van der Waals surface area contributed by atoms with E-state index >= 15 is 0 Å². The third-order valence-electron chi connectivity index (χ3n) is 2.20. The number of para-hydroxylation sites is 1. The topological polar surface area (TPSA) is 32.8 Å². The van der Waals surface area contributed by atoms with Crippen LogP contribution in [0.5, 0.6) is 0 Å². The van der Waals surface area contributed by atoms with Gasteiger partial charge in [0, 0.05) is 26.9 Å². The zero-order valence-electron chi connectivity index (χ0n) is 10.0. The largest absolute Gasteiger partial charge is 0.383 e. The lowest BCUT2D eigenvalue weighted by Gasteiger charge is -2.25. The van der Waals surface area contributed by atoms with Gasteiger partial charge >= 0.3 is 6.03 Å². The van der Waals surface area contributed by atoms with E-state index in [1.807, 2.05) is 30.3 Å². The Morgan fingerprint density at radius 3 is 2.38 bits per heavy atom. The summed E-state index contributed by atoms with van der Waals surface area (Å²) < 4.78 is 5.01. The molecule has 1 aromatic carbocycles. The Balaban J connectivity index is 2.83. The third kappa shape index (κ3) is 3.24. The fraction of sp³-hybridized carbons (Fsp3) is 0.417. The number of hydrogen-bond donors (Lipinski definition) is 0. The fourth-order valence-electron chi connectivity index (χ4n) is 1.37. The van der Waals surface area contributed by atoms with Crippen LogP contribution < -0.4 is 4.90 Å². The normalized spacial score (nSPS) is 9.94. The predicted octanol–water partition coefficient (Wildman–Crippen LogP) is 1.82. The van der Waals surface area contributed by atoms with Crippen LogP contribution in [0.15, 0.2) is 30.3 Å². The molecule has 0 aliphatic heterocycles. The second kappa shape index (κ2) is 6.12. The summed E-state index contributed by atoms with van der Waals surface area (Å²) in [4.78, 5) is 15.2. The van der Waals surface area contributed by atoms with E-state index in [1.165, 1.54) is 0 Å². The third-order valence-corrected chi connectivity index (χ3v) is 2.20. The number of carbonyl (C=O) groups excluding carboxylic acids is 1. The Kier molecular flexibility index (Phi) is 4.79. The zero-order chi connectivity index (χ0) is 12.0. The van der Waals surface area contributed by atoms with Crippen LogP contribution in [0.1, 0.15) is 0 Å². The van der Waals surface area contributed by atoms with E-state index in [9.17, 15) is 4.79 Å². The second-order valence-corrected chi connectivity index (χ2v) is 3.66. The van der Waals surface area contributed by atoms with E-state index in [0.29, 0.717) is 13.2 Å². The van der Waals surface area contributed by atoms with Crippen molar-refractivity contribution in [1.29, 1.82) is 0 Å². The van der Waals surface area contributed by atoms with Gasteiger partial charge in [0.1, 0.15) is 0 Å². The molecule has 4 nitrogen and oxygen atoms in total. The van der Waals surface area contributed by atoms with Crippen molar-refractivity contribution in [2.75, 3.05) is 39.3 Å². The van der Waals surface area contributed by atoms with Gasteiger partial charge in [-0.1, -0.05) is 18.2 Å². The smallest absolute Gasteiger partial charge is 0.324 e. The van der Waals surface area contributed by atoms with Crippen LogP contribution in [0.4, 0.5) is 10.5 Å². The first-order valence-corrected chi connectivity index (χ1v) is 5.19. The molecule has 88 valence electrons. The summed E-state index contributed by atoms with van der Waals surface area (Å²) in [6.07, 6.45) is 0. The average molecular weight is 222 g/mol. The molecule has 0 spiro atoms. The van der Waals surface area contributed by atoms with Crippen molar-refractivity contribution in [1.82, 2.24) is 4.90 Å². The van der Waals surface area contributed by atoms with Crippen molar-refractivity contribution in [3.8, 4) is 0 Å². The lowest BCUT2D eigenvalue weighted by atomic mass is 10.3. The first-order chi connectivity index (χ1) is 7.66. The fourth-order valence-corrected chi connectivity index (χ4v) is 1.37. The monoisotopic (exact) mass is 222 g/mol. The maximum absolute atomic E-state index is 11.9. The number of anilines is 1. The lowest BCUT2D eigenvalue weighted by molar-refractivity contribution is 0.197.